The van der Waals surface area contributed by atoms with Gasteiger partial charge in [-0.2, -0.15) is 4.37 Å². The standard InChI is InChI=1S/C12H12N6S/c1-9-6-11(19-15-9)8-18-12(14-16-17-18)7-10-4-2-3-5-13-10/h2-6H,7-8H2,1H3. The normalized spacial score (nSPS) is 10.8. The monoisotopic (exact) mass is 272 g/mol. The van der Waals surface area contributed by atoms with Gasteiger partial charge < -0.3 is 0 Å². The van der Waals surface area contributed by atoms with Gasteiger partial charge in [0.1, 0.15) is 0 Å². The zero-order valence-electron chi connectivity index (χ0n) is 10.4. The molecule has 3 aromatic heterocycles. The van der Waals surface area contributed by atoms with Crippen molar-refractivity contribution in [1.82, 2.24) is 29.6 Å². The first-order valence-corrected chi connectivity index (χ1v) is 6.66. The maximum Gasteiger partial charge on any atom is 0.157 e. The third kappa shape index (κ3) is 2.82. The largest absolute Gasteiger partial charge is 0.261 e. The molecule has 0 bridgehead atoms. The Morgan fingerprint density at radius 1 is 1.32 bits per heavy atom. The van der Waals surface area contributed by atoms with Crippen molar-refractivity contribution in [3.05, 3.63) is 52.6 Å². The van der Waals surface area contributed by atoms with E-state index in [0.29, 0.717) is 13.0 Å². The zero-order valence-corrected chi connectivity index (χ0v) is 11.2. The predicted molar refractivity (Wildman–Crippen MR) is 70.8 cm³/mol. The topological polar surface area (TPSA) is 69.4 Å². The van der Waals surface area contributed by atoms with Crippen molar-refractivity contribution in [2.24, 2.45) is 0 Å². The summed E-state index contributed by atoms with van der Waals surface area (Å²) >= 11 is 1.48. The quantitative estimate of drug-likeness (QED) is 0.719. The molecule has 0 aliphatic rings. The lowest BCUT2D eigenvalue weighted by Gasteiger charge is -2.02. The molecule has 96 valence electrons. The van der Waals surface area contributed by atoms with Gasteiger partial charge in [0.2, 0.25) is 0 Å². The highest BCUT2D eigenvalue weighted by Gasteiger charge is 2.09. The van der Waals surface area contributed by atoms with Gasteiger partial charge in [0, 0.05) is 16.8 Å². The molecule has 3 heterocycles. The third-order valence-electron chi connectivity index (χ3n) is 2.65. The van der Waals surface area contributed by atoms with Crippen LogP contribution in [-0.4, -0.2) is 29.6 Å². The lowest BCUT2D eigenvalue weighted by Crippen LogP contribution is -2.07. The van der Waals surface area contributed by atoms with Crippen LogP contribution in [0.1, 0.15) is 22.1 Å². The second kappa shape index (κ2) is 5.23. The van der Waals surface area contributed by atoms with Gasteiger partial charge in [-0.3, -0.25) is 4.98 Å². The number of nitrogens with zero attached hydrogens (tertiary/aromatic N) is 6. The Hall–Kier alpha value is -2.15. The Morgan fingerprint density at radius 2 is 2.26 bits per heavy atom. The molecule has 3 aromatic rings. The zero-order chi connectivity index (χ0) is 13.1. The molecule has 0 N–H and O–H groups in total. The highest BCUT2D eigenvalue weighted by Crippen LogP contribution is 2.12. The van der Waals surface area contributed by atoms with Crippen molar-refractivity contribution in [1.29, 1.82) is 0 Å². The van der Waals surface area contributed by atoms with Crippen LogP contribution in [0.2, 0.25) is 0 Å². The number of pyridine rings is 1. The fraction of sp³-hybridized carbons (Fsp3) is 0.250. The summed E-state index contributed by atoms with van der Waals surface area (Å²) in [6, 6.07) is 7.88. The minimum atomic E-state index is 0.631. The predicted octanol–water partition coefficient (Wildman–Crippen LogP) is 1.47. The van der Waals surface area contributed by atoms with Crippen molar-refractivity contribution in [2.75, 3.05) is 0 Å². The van der Waals surface area contributed by atoms with Gasteiger partial charge in [0.05, 0.1) is 18.7 Å². The van der Waals surface area contributed by atoms with Gasteiger partial charge in [-0.25, -0.2) is 4.68 Å². The van der Waals surface area contributed by atoms with Crippen LogP contribution in [0, 0.1) is 6.92 Å². The van der Waals surface area contributed by atoms with Crippen LogP contribution in [-0.2, 0) is 13.0 Å². The number of hydrogen-bond donors (Lipinski definition) is 0. The number of aryl methyl sites for hydroxylation is 1. The summed E-state index contributed by atoms with van der Waals surface area (Å²) in [6.45, 7) is 2.63. The molecular weight excluding hydrogens is 260 g/mol. The fourth-order valence-corrected chi connectivity index (χ4v) is 2.49. The van der Waals surface area contributed by atoms with Crippen molar-refractivity contribution < 1.29 is 0 Å². The molecule has 0 fully saturated rings. The van der Waals surface area contributed by atoms with Gasteiger partial charge >= 0.3 is 0 Å². The van der Waals surface area contributed by atoms with Gasteiger partial charge in [0.15, 0.2) is 5.82 Å². The van der Waals surface area contributed by atoms with Crippen molar-refractivity contribution in [3.63, 3.8) is 0 Å². The summed E-state index contributed by atoms with van der Waals surface area (Å²) in [7, 11) is 0. The molecule has 0 spiro atoms. The Labute approximate surface area is 114 Å². The fourth-order valence-electron chi connectivity index (χ4n) is 1.78. The molecular formula is C12H12N6S. The lowest BCUT2D eigenvalue weighted by atomic mass is 10.2. The molecule has 6 nitrogen and oxygen atoms in total. The van der Waals surface area contributed by atoms with Crippen LogP contribution < -0.4 is 0 Å². The van der Waals surface area contributed by atoms with Crippen LogP contribution in [0.5, 0.6) is 0 Å². The summed E-state index contributed by atoms with van der Waals surface area (Å²) in [4.78, 5) is 5.43. The van der Waals surface area contributed by atoms with E-state index in [0.717, 1.165) is 22.1 Å². The molecule has 0 saturated heterocycles. The molecule has 19 heavy (non-hydrogen) atoms. The van der Waals surface area contributed by atoms with E-state index in [2.05, 4.69) is 30.9 Å². The Bertz CT molecular complexity index is 660. The van der Waals surface area contributed by atoms with Crippen LogP contribution in [0.4, 0.5) is 0 Å². The number of aromatic nitrogens is 6. The average Bonchev–Trinajstić information content (AvgIpc) is 3.01. The molecule has 0 amide bonds. The minimum absolute atomic E-state index is 0.631. The van der Waals surface area contributed by atoms with E-state index in [4.69, 9.17) is 0 Å². The van der Waals surface area contributed by atoms with E-state index in [1.165, 1.54) is 11.5 Å². The summed E-state index contributed by atoms with van der Waals surface area (Å²) in [6.07, 6.45) is 2.40. The highest BCUT2D eigenvalue weighted by atomic mass is 32.1. The first-order valence-electron chi connectivity index (χ1n) is 5.88. The summed E-state index contributed by atoms with van der Waals surface area (Å²) in [5.74, 6) is 0.810. The first kappa shape index (κ1) is 11.9. The Balaban J connectivity index is 1.79. The summed E-state index contributed by atoms with van der Waals surface area (Å²) < 4.78 is 6.05. The van der Waals surface area contributed by atoms with E-state index in [9.17, 15) is 0 Å². The van der Waals surface area contributed by atoms with E-state index in [1.807, 2.05) is 25.1 Å². The summed E-state index contributed by atoms with van der Waals surface area (Å²) in [5.41, 5.74) is 1.98. The van der Waals surface area contributed by atoms with Gasteiger partial charge in [-0.05, 0) is 47.1 Å². The van der Waals surface area contributed by atoms with Crippen LogP contribution >= 0.6 is 11.5 Å². The maximum atomic E-state index is 4.29. The highest BCUT2D eigenvalue weighted by molar-refractivity contribution is 7.05. The van der Waals surface area contributed by atoms with Gasteiger partial charge in [-0.1, -0.05) is 6.07 Å². The molecule has 0 radical (unpaired) electrons. The SMILES string of the molecule is Cc1cc(Cn2nnnc2Cc2ccccn2)sn1. The molecule has 0 aliphatic carbocycles. The van der Waals surface area contributed by atoms with Crippen molar-refractivity contribution >= 4 is 11.5 Å². The number of tetrazole rings is 1. The second-order valence-corrected chi connectivity index (χ2v) is 5.07. The Morgan fingerprint density at radius 3 is 3.00 bits per heavy atom. The van der Waals surface area contributed by atoms with Gasteiger partial charge in [0.25, 0.3) is 0 Å². The molecule has 3 rings (SSSR count). The van der Waals surface area contributed by atoms with Crippen molar-refractivity contribution in [2.45, 2.75) is 19.9 Å². The van der Waals surface area contributed by atoms with Crippen LogP contribution in [0.25, 0.3) is 0 Å². The van der Waals surface area contributed by atoms with E-state index < -0.39 is 0 Å². The molecule has 0 aromatic carbocycles. The van der Waals surface area contributed by atoms with Crippen molar-refractivity contribution in [3.8, 4) is 0 Å². The molecule has 0 saturated carbocycles. The minimum Gasteiger partial charge on any atom is -0.261 e. The van der Waals surface area contributed by atoms with E-state index in [-0.39, 0.29) is 0 Å². The summed E-state index contributed by atoms with van der Waals surface area (Å²) in [5, 5.41) is 11.8. The van der Waals surface area contributed by atoms with Crippen LogP contribution in [0.3, 0.4) is 0 Å². The average molecular weight is 272 g/mol. The first-order chi connectivity index (χ1) is 9.31. The van der Waals surface area contributed by atoms with E-state index in [1.54, 1.807) is 10.9 Å². The smallest absolute Gasteiger partial charge is 0.157 e. The molecule has 0 aliphatic heterocycles. The number of hydrogen-bond acceptors (Lipinski definition) is 6. The van der Waals surface area contributed by atoms with E-state index >= 15 is 0 Å². The molecule has 0 unspecified atom stereocenters. The van der Waals surface area contributed by atoms with Crippen LogP contribution in [0.15, 0.2) is 30.5 Å². The molecule has 0 atom stereocenters. The number of rotatable bonds is 4. The van der Waals surface area contributed by atoms with Gasteiger partial charge in [-0.15, -0.1) is 5.10 Å². The second-order valence-electron chi connectivity index (χ2n) is 4.19. The molecule has 7 heteroatoms. The third-order valence-corrected chi connectivity index (χ3v) is 3.51. The maximum absolute atomic E-state index is 4.29. The lowest BCUT2D eigenvalue weighted by molar-refractivity contribution is 0.629. The Kier molecular flexibility index (Phi) is 3.28.